The van der Waals surface area contributed by atoms with Crippen LogP contribution in [0.1, 0.15) is 24.9 Å². The van der Waals surface area contributed by atoms with Crippen LogP contribution in [-0.2, 0) is 0 Å². The zero-order valence-electron chi connectivity index (χ0n) is 8.51. The van der Waals surface area contributed by atoms with E-state index in [1.807, 2.05) is 6.92 Å². The molecule has 1 aromatic rings. The summed E-state index contributed by atoms with van der Waals surface area (Å²) in [5, 5.41) is 2.64. The van der Waals surface area contributed by atoms with Crippen molar-refractivity contribution in [2.45, 2.75) is 25.8 Å². The predicted octanol–water partition coefficient (Wildman–Crippen LogP) is 3.13. The van der Waals surface area contributed by atoms with Crippen molar-refractivity contribution in [3.8, 4) is 0 Å². The van der Waals surface area contributed by atoms with Crippen LogP contribution in [0.15, 0.2) is 24.3 Å². The molecule has 0 saturated heterocycles. The van der Waals surface area contributed by atoms with Crippen LogP contribution in [0.5, 0.6) is 0 Å². The Hall–Kier alpha value is -1.03. The van der Waals surface area contributed by atoms with Gasteiger partial charge in [-0.2, -0.15) is 0 Å². The standard InChI is InChI=1S/C11H14F3N/c1-2-7-15-10(11(13)14)8-5-3-4-6-9(8)12/h3-6,10-11,15H,2,7H2,1H3. The molecular formula is C11H14F3N. The first-order valence-electron chi connectivity index (χ1n) is 4.92. The van der Waals surface area contributed by atoms with Gasteiger partial charge in [0, 0.05) is 5.56 Å². The molecular weight excluding hydrogens is 203 g/mol. The lowest BCUT2D eigenvalue weighted by Gasteiger charge is -2.18. The third kappa shape index (κ3) is 3.23. The van der Waals surface area contributed by atoms with Gasteiger partial charge in [-0.3, -0.25) is 0 Å². The Bertz CT molecular complexity index is 302. The Morgan fingerprint density at radius 1 is 1.27 bits per heavy atom. The minimum atomic E-state index is -2.60. The van der Waals surface area contributed by atoms with Gasteiger partial charge in [0.2, 0.25) is 0 Å². The lowest BCUT2D eigenvalue weighted by atomic mass is 10.1. The first kappa shape index (κ1) is 12.0. The molecule has 0 spiro atoms. The highest BCUT2D eigenvalue weighted by molar-refractivity contribution is 5.21. The van der Waals surface area contributed by atoms with E-state index in [-0.39, 0.29) is 5.56 Å². The number of alkyl halides is 2. The Labute approximate surface area is 87.3 Å². The second-order valence-electron chi connectivity index (χ2n) is 3.29. The molecule has 4 heteroatoms. The van der Waals surface area contributed by atoms with Crippen LogP contribution in [0.2, 0.25) is 0 Å². The molecule has 1 nitrogen and oxygen atoms in total. The minimum absolute atomic E-state index is 0.0287. The SMILES string of the molecule is CCCNC(c1ccccc1F)C(F)F. The molecule has 0 bridgehead atoms. The summed E-state index contributed by atoms with van der Waals surface area (Å²) >= 11 is 0. The molecule has 1 unspecified atom stereocenters. The van der Waals surface area contributed by atoms with Gasteiger partial charge in [0.25, 0.3) is 6.43 Å². The Morgan fingerprint density at radius 2 is 1.93 bits per heavy atom. The van der Waals surface area contributed by atoms with Gasteiger partial charge in [-0.1, -0.05) is 25.1 Å². The second-order valence-corrected chi connectivity index (χ2v) is 3.29. The van der Waals surface area contributed by atoms with Gasteiger partial charge in [-0.25, -0.2) is 13.2 Å². The highest BCUT2D eigenvalue weighted by Gasteiger charge is 2.23. The molecule has 0 saturated carbocycles. The molecule has 0 aliphatic heterocycles. The fourth-order valence-corrected chi connectivity index (χ4v) is 1.36. The zero-order chi connectivity index (χ0) is 11.3. The van der Waals surface area contributed by atoms with Crippen LogP contribution >= 0.6 is 0 Å². The molecule has 0 aliphatic carbocycles. The lowest BCUT2D eigenvalue weighted by molar-refractivity contribution is 0.0967. The van der Waals surface area contributed by atoms with Gasteiger partial charge in [-0.15, -0.1) is 0 Å². The summed E-state index contributed by atoms with van der Waals surface area (Å²) in [6.45, 7) is 2.32. The zero-order valence-corrected chi connectivity index (χ0v) is 8.51. The third-order valence-corrected chi connectivity index (χ3v) is 2.11. The van der Waals surface area contributed by atoms with Gasteiger partial charge >= 0.3 is 0 Å². The minimum Gasteiger partial charge on any atom is -0.305 e. The molecule has 0 radical (unpaired) electrons. The first-order valence-corrected chi connectivity index (χ1v) is 4.92. The van der Waals surface area contributed by atoms with Gasteiger partial charge in [0.15, 0.2) is 0 Å². The smallest absolute Gasteiger partial charge is 0.257 e. The molecule has 1 aromatic carbocycles. The van der Waals surface area contributed by atoms with E-state index in [4.69, 9.17) is 0 Å². The van der Waals surface area contributed by atoms with Gasteiger partial charge in [0.05, 0.1) is 6.04 Å². The fraction of sp³-hybridized carbons (Fsp3) is 0.455. The van der Waals surface area contributed by atoms with E-state index in [1.54, 1.807) is 6.07 Å². The summed E-state index contributed by atoms with van der Waals surface area (Å²) in [4.78, 5) is 0. The number of hydrogen-bond donors (Lipinski definition) is 1. The van der Waals surface area contributed by atoms with E-state index in [2.05, 4.69) is 5.32 Å². The summed E-state index contributed by atoms with van der Waals surface area (Å²) in [5.41, 5.74) is 0.0287. The normalized spacial score (nSPS) is 13.1. The van der Waals surface area contributed by atoms with Crippen LogP contribution in [-0.4, -0.2) is 13.0 Å². The quantitative estimate of drug-likeness (QED) is 0.799. The second kappa shape index (κ2) is 5.75. The fourth-order valence-electron chi connectivity index (χ4n) is 1.36. The van der Waals surface area contributed by atoms with E-state index in [9.17, 15) is 13.2 Å². The maximum absolute atomic E-state index is 13.3. The molecule has 0 amide bonds. The summed E-state index contributed by atoms with van der Waals surface area (Å²) in [5.74, 6) is -0.591. The maximum atomic E-state index is 13.3. The monoisotopic (exact) mass is 217 g/mol. The molecule has 15 heavy (non-hydrogen) atoms. The van der Waals surface area contributed by atoms with Crippen LogP contribution in [0.25, 0.3) is 0 Å². The Morgan fingerprint density at radius 3 is 2.47 bits per heavy atom. The summed E-state index contributed by atoms with van der Waals surface area (Å²) < 4.78 is 38.6. The van der Waals surface area contributed by atoms with E-state index in [0.717, 1.165) is 6.42 Å². The van der Waals surface area contributed by atoms with Crippen LogP contribution in [0.4, 0.5) is 13.2 Å². The molecule has 0 heterocycles. The van der Waals surface area contributed by atoms with Crippen molar-refractivity contribution in [2.75, 3.05) is 6.54 Å². The summed E-state index contributed by atoms with van der Waals surface area (Å²) in [6, 6.07) is 4.40. The van der Waals surface area contributed by atoms with Crippen molar-refractivity contribution in [1.29, 1.82) is 0 Å². The number of halogens is 3. The van der Waals surface area contributed by atoms with Crippen molar-refractivity contribution in [3.05, 3.63) is 35.6 Å². The topological polar surface area (TPSA) is 12.0 Å². The average Bonchev–Trinajstić information content (AvgIpc) is 2.20. The van der Waals surface area contributed by atoms with E-state index < -0.39 is 18.3 Å². The van der Waals surface area contributed by atoms with E-state index in [1.165, 1.54) is 18.2 Å². The largest absolute Gasteiger partial charge is 0.305 e. The van der Waals surface area contributed by atoms with Crippen LogP contribution < -0.4 is 5.32 Å². The van der Waals surface area contributed by atoms with Crippen LogP contribution in [0, 0.1) is 5.82 Å². The van der Waals surface area contributed by atoms with Crippen molar-refractivity contribution in [2.24, 2.45) is 0 Å². The number of nitrogens with one attached hydrogen (secondary N) is 1. The number of hydrogen-bond acceptors (Lipinski definition) is 1. The van der Waals surface area contributed by atoms with Crippen molar-refractivity contribution in [1.82, 2.24) is 5.32 Å². The highest BCUT2D eigenvalue weighted by atomic mass is 19.3. The lowest BCUT2D eigenvalue weighted by Crippen LogP contribution is -2.28. The predicted molar refractivity (Wildman–Crippen MR) is 53.4 cm³/mol. The number of benzene rings is 1. The van der Waals surface area contributed by atoms with Gasteiger partial charge in [-0.05, 0) is 19.0 Å². The molecule has 1 N–H and O–H groups in total. The van der Waals surface area contributed by atoms with E-state index in [0.29, 0.717) is 6.54 Å². The van der Waals surface area contributed by atoms with E-state index >= 15 is 0 Å². The van der Waals surface area contributed by atoms with Crippen LogP contribution in [0.3, 0.4) is 0 Å². The third-order valence-electron chi connectivity index (χ3n) is 2.11. The molecule has 84 valence electrons. The average molecular weight is 217 g/mol. The van der Waals surface area contributed by atoms with Gasteiger partial charge in [0.1, 0.15) is 5.82 Å². The molecule has 0 fully saturated rings. The molecule has 1 atom stereocenters. The molecule has 0 aromatic heterocycles. The summed E-state index contributed by atoms with van der Waals surface area (Å²) in [7, 11) is 0. The van der Waals surface area contributed by atoms with Crippen molar-refractivity contribution in [3.63, 3.8) is 0 Å². The maximum Gasteiger partial charge on any atom is 0.257 e. The van der Waals surface area contributed by atoms with Crippen molar-refractivity contribution < 1.29 is 13.2 Å². The molecule has 1 rings (SSSR count). The first-order chi connectivity index (χ1) is 7.16. The van der Waals surface area contributed by atoms with Gasteiger partial charge < -0.3 is 5.32 Å². The Kier molecular flexibility index (Phi) is 4.62. The molecule has 0 aliphatic rings. The van der Waals surface area contributed by atoms with Crippen molar-refractivity contribution >= 4 is 0 Å². The summed E-state index contributed by atoms with van der Waals surface area (Å²) in [6.07, 6.45) is -1.87. The Balaban J connectivity index is 2.84. The number of rotatable bonds is 5. The highest BCUT2D eigenvalue weighted by Crippen LogP contribution is 2.22.